The Bertz CT molecular complexity index is 505. The van der Waals surface area contributed by atoms with Crippen molar-refractivity contribution in [3.8, 4) is 5.75 Å². The maximum absolute atomic E-state index is 5.85. The normalized spacial score (nSPS) is 10.5. The van der Waals surface area contributed by atoms with Crippen molar-refractivity contribution in [3.63, 3.8) is 0 Å². The van der Waals surface area contributed by atoms with Gasteiger partial charge in [-0.2, -0.15) is 5.10 Å². The molecule has 0 saturated carbocycles. The maximum atomic E-state index is 5.85. The second kappa shape index (κ2) is 4.91. The first-order valence-electron chi connectivity index (χ1n) is 5.70. The van der Waals surface area contributed by atoms with Crippen LogP contribution in [0.4, 0.5) is 5.69 Å². The molecule has 2 rings (SSSR count). The fraction of sp³-hybridized carbons (Fsp3) is 0.308. The Morgan fingerprint density at radius 1 is 1.41 bits per heavy atom. The van der Waals surface area contributed by atoms with E-state index in [1.165, 1.54) is 5.56 Å². The summed E-state index contributed by atoms with van der Waals surface area (Å²) in [4.78, 5) is 0. The first kappa shape index (κ1) is 11.5. The Kier molecular flexibility index (Phi) is 3.32. The van der Waals surface area contributed by atoms with Crippen LogP contribution >= 0.6 is 0 Å². The lowest BCUT2D eigenvalue weighted by Gasteiger charge is -2.09. The van der Waals surface area contributed by atoms with Gasteiger partial charge in [0.2, 0.25) is 0 Å². The number of nitrogens with two attached hydrogens (primary N) is 1. The Morgan fingerprint density at radius 2 is 2.24 bits per heavy atom. The lowest BCUT2D eigenvalue weighted by molar-refractivity contribution is 0.293. The molecule has 0 aliphatic rings. The van der Waals surface area contributed by atoms with Crippen molar-refractivity contribution in [2.45, 2.75) is 27.0 Å². The second-order valence-corrected chi connectivity index (χ2v) is 3.97. The largest absolute Gasteiger partial charge is 0.487 e. The van der Waals surface area contributed by atoms with Gasteiger partial charge in [-0.25, -0.2) is 0 Å². The number of anilines is 1. The first-order valence-corrected chi connectivity index (χ1v) is 5.70. The molecule has 0 bridgehead atoms. The number of hydrogen-bond donors (Lipinski definition) is 1. The van der Waals surface area contributed by atoms with Gasteiger partial charge in [0.15, 0.2) is 0 Å². The van der Waals surface area contributed by atoms with E-state index < -0.39 is 0 Å². The van der Waals surface area contributed by atoms with Crippen molar-refractivity contribution in [1.29, 1.82) is 0 Å². The predicted molar refractivity (Wildman–Crippen MR) is 67.8 cm³/mol. The monoisotopic (exact) mass is 231 g/mol. The fourth-order valence-corrected chi connectivity index (χ4v) is 1.71. The van der Waals surface area contributed by atoms with Crippen LogP contribution in [-0.2, 0) is 13.2 Å². The molecule has 0 atom stereocenters. The molecule has 4 heteroatoms. The van der Waals surface area contributed by atoms with Gasteiger partial charge in [-0.15, -0.1) is 0 Å². The van der Waals surface area contributed by atoms with Gasteiger partial charge in [-0.1, -0.05) is 12.1 Å². The van der Waals surface area contributed by atoms with Crippen LogP contribution < -0.4 is 10.5 Å². The highest BCUT2D eigenvalue weighted by Crippen LogP contribution is 2.17. The number of ether oxygens (including phenoxy) is 1. The Labute approximate surface area is 101 Å². The van der Waals surface area contributed by atoms with Gasteiger partial charge in [-0.3, -0.25) is 4.68 Å². The number of hydrogen-bond acceptors (Lipinski definition) is 3. The van der Waals surface area contributed by atoms with Gasteiger partial charge in [0.05, 0.1) is 17.6 Å². The number of aromatic nitrogens is 2. The summed E-state index contributed by atoms with van der Waals surface area (Å²) in [5.41, 5.74) is 8.63. The Hall–Kier alpha value is -1.97. The third-order valence-electron chi connectivity index (χ3n) is 2.65. The van der Waals surface area contributed by atoms with E-state index in [4.69, 9.17) is 10.5 Å². The molecule has 0 saturated heterocycles. The van der Waals surface area contributed by atoms with Crippen molar-refractivity contribution >= 4 is 5.69 Å². The van der Waals surface area contributed by atoms with E-state index in [1.807, 2.05) is 42.8 Å². The summed E-state index contributed by atoms with van der Waals surface area (Å²) in [5.74, 6) is 0.855. The van der Waals surface area contributed by atoms with Crippen molar-refractivity contribution in [2.75, 3.05) is 5.73 Å². The molecule has 1 heterocycles. The van der Waals surface area contributed by atoms with E-state index in [-0.39, 0.29) is 0 Å². The number of nitrogen functional groups attached to an aromatic ring is 1. The Morgan fingerprint density at radius 3 is 2.94 bits per heavy atom. The minimum absolute atomic E-state index is 0.448. The molecule has 90 valence electrons. The molecule has 4 nitrogen and oxygen atoms in total. The number of aryl methyl sites for hydroxylation is 2. The zero-order valence-electron chi connectivity index (χ0n) is 10.2. The molecule has 17 heavy (non-hydrogen) atoms. The minimum atomic E-state index is 0.448. The number of rotatable bonds is 4. The third-order valence-corrected chi connectivity index (χ3v) is 2.65. The molecule has 0 fully saturated rings. The standard InChI is InChI=1S/C13H17N3O/c1-3-16-13(12(14)8-15-16)9-17-11-6-4-5-10(2)7-11/h4-8H,3,9,14H2,1-2H3. The van der Waals surface area contributed by atoms with Gasteiger partial charge in [0, 0.05) is 6.54 Å². The molecule has 0 radical (unpaired) electrons. The summed E-state index contributed by atoms with van der Waals surface area (Å²) in [6, 6.07) is 7.96. The first-order chi connectivity index (χ1) is 8.20. The zero-order valence-corrected chi connectivity index (χ0v) is 10.2. The minimum Gasteiger partial charge on any atom is -0.487 e. The molecule has 0 unspecified atom stereocenters. The van der Waals surface area contributed by atoms with E-state index in [0.29, 0.717) is 12.3 Å². The van der Waals surface area contributed by atoms with Crippen LogP contribution in [0.2, 0.25) is 0 Å². The molecule has 1 aromatic heterocycles. The van der Waals surface area contributed by atoms with Crippen molar-refractivity contribution in [3.05, 3.63) is 41.7 Å². The molecular weight excluding hydrogens is 214 g/mol. The van der Waals surface area contributed by atoms with Crippen molar-refractivity contribution in [1.82, 2.24) is 9.78 Å². The van der Waals surface area contributed by atoms with Crippen LogP contribution in [-0.4, -0.2) is 9.78 Å². The molecule has 0 aliphatic carbocycles. The molecule has 1 aromatic carbocycles. The Balaban J connectivity index is 2.09. The van der Waals surface area contributed by atoms with Crippen molar-refractivity contribution in [2.24, 2.45) is 0 Å². The molecule has 2 N–H and O–H groups in total. The molecular formula is C13H17N3O. The van der Waals surface area contributed by atoms with E-state index in [9.17, 15) is 0 Å². The van der Waals surface area contributed by atoms with E-state index >= 15 is 0 Å². The van der Waals surface area contributed by atoms with Crippen LogP contribution in [0.1, 0.15) is 18.2 Å². The van der Waals surface area contributed by atoms with Crippen LogP contribution in [0.5, 0.6) is 5.75 Å². The smallest absolute Gasteiger partial charge is 0.132 e. The summed E-state index contributed by atoms with van der Waals surface area (Å²) < 4.78 is 7.57. The molecule has 0 amide bonds. The van der Waals surface area contributed by atoms with E-state index in [1.54, 1.807) is 6.20 Å². The van der Waals surface area contributed by atoms with Gasteiger partial charge >= 0.3 is 0 Å². The van der Waals surface area contributed by atoms with Crippen LogP contribution in [0.25, 0.3) is 0 Å². The quantitative estimate of drug-likeness (QED) is 0.878. The molecule has 0 aliphatic heterocycles. The van der Waals surface area contributed by atoms with Gasteiger partial charge in [-0.05, 0) is 31.5 Å². The van der Waals surface area contributed by atoms with E-state index in [0.717, 1.165) is 18.0 Å². The zero-order chi connectivity index (χ0) is 12.3. The van der Waals surface area contributed by atoms with E-state index in [2.05, 4.69) is 5.10 Å². The summed E-state index contributed by atoms with van der Waals surface area (Å²) >= 11 is 0. The second-order valence-electron chi connectivity index (χ2n) is 3.97. The lowest BCUT2D eigenvalue weighted by atomic mass is 10.2. The topological polar surface area (TPSA) is 53.1 Å². The highest BCUT2D eigenvalue weighted by Gasteiger charge is 2.07. The average molecular weight is 231 g/mol. The lowest BCUT2D eigenvalue weighted by Crippen LogP contribution is -2.07. The molecule has 2 aromatic rings. The van der Waals surface area contributed by atoms with Gasteiger partial charge in [0.25, 0.3) is 0 Å². The van der Waals surface area contributed by atoms with Gasteiger partial charge in [0.1, 0.15) is 12.4 Å². The summed E-state index contributed by atoms with van der Waals surface area (Å²) in [5, 5.41) is 4.18. The number of nitrogens with zero attached hydrogens (tertiary/aromatic N) is 2. The van der Waals surface area contributed by atoms with Crippen LogP contribution in [0, 0.1) is 6.92 Å². The molecule has 0 spiro atoms. The number of benzene rings is 1. The summed E-state index contributed by atoms with van der Waals surface area (Å²) in [6.45, 7) is 5.31. The summed E-state index contributed by atoms with van der Waals surface area (Å²) in [7, 11) is 0. The maximum Gasteiger partial charge on any atom is 0.132 e. The SMILES string of the molecule is CCn1ncc(N)c1COc1cccc(C)c1. The average Bonchev–Trinajstić information content (AvgIpc) is 2.67. The highest BCUT2D eigenvalue weighted by molar-refractivity contribution is 5.40. The van der Waals surface area contributed by atoms with Crippen LogP contribution in [0.3, 0.4) is 0 Å². The summed E-state index contributed by atoms with van der Waals surface area (Å²) in [6.07, 6.45) is 1.67. The third kappa shape index (κ3) is 2.58. The highest BCUT2D eigenvalue weighted by atomic mass is 16.5. The van der Waals surface area contributed by atoms with Crippen molar-refractivity contribution < 1.29 is 4.74 Å². The predicted octanol–water partition coefficient (Wildman–Crippen LogP) is 2.37. The van der Waals surface area contributed by atoms with Crippen LogP contribution in [0.15, 0.2) is 30.5 Å². The fourth-order valence-electron chi connectivity index (χ4n) is 1.71. The van der Waals surface area contributed by atoms with Gasteiger partial charge < -0.3 is 10.5 Å².